The lowest BCUT2D eigenvalue weighted by atomic mass is 10.0. The monoisotopic (exact) mass is 394 g/mol. The van der Waals surface area contributed by atoms with Gasteiger partial charge in [-0.05, 0) is 35.4 Å². The lowest BCUT2D eigenvalue weighted by Crippen LogP contribution is -2.12. The van der Waals surface area contributed by atoms with E-state index in [0.717, 1.165) is 39.0 Å². The van der Waals surface area contributed by atoms with Crippen LogP contribution < -0.4 is 11.1 Å². The highest BCUT2D eigenvalue weighted by molar-refractivity contribution is 6.01. The van der Waals surface area contributed by atoms with Crippen molar-refractivity contribution in [1.82, 2.24) is 15.0 Å². The number of hydrogen-bond donors (Lipinski definition) is 3. The van der Waals surface area contributed by atoms with Crippen molar-refractivity contribution in [2.24, 2.45) is 5.73 Å². The number of aromatic amines is 1. The molecule has 146 valence electrons. The molecule has 1 aromatic carbocycles. The van der Waals surface area contributed by atoms with E-state index in [1.165, 1.54) is 6.08 Å². The number of primary amides is 1. The summed E-state index contributed by atoms with van der Waals surface area (Å²) in [5.41, 5.74) is 11.4. The first-order chi connectivity index (χ1) is 14.6. The zero-order valence-electron chi connectivity index (χ0n) is 16.2. The number of rotatable bonds is 5. The Balaban J connectivity index is 1.79. The highest BCUT2D eigenvalue weighted by atomic mass is 16.1. The zero-order chi connectivity index (χ0) is 21.1. The quantitative estimate of drug-likeness (QED) is 0.352. The van der Waals surface area contributed by atoms with Gasteiger partial charge in [-0.3, -0.25) is 9.78 Å². The van der Waals surface area contributed by atoms with Crippen LogP contribution in [-0.4, -0.2) is 27.9 Å². The van der Waals surface area contributed by atoms with Crippen molar-refractivity contribution < 1.29 is 4.79 Å². The van der Waals surface area contributed by atoms with E-state index < -0.39 is 5.91 Å². The molecule has 0 atom stereocenters. The number of nitrogens with one attached hydrogen (secondary N) is 2. The Morgan fingerprint density at radius 3 is 2.80 bits per heavy atom. The molecule has 7 nitrogen and oxygen atoms in total. The standard InChI is InChI=1S/C23H18N6O/c1-26-19-7-18(10-27-12-19)21-13-29-23-20(21)8-17(11-28-23)15-4-2-3-14(5-15)6-16(9-24)22(25)30/h2-8,10-13,26H,1H3,(H2,25,30)(H,28,29)/b16-6+. The predicted molar refractivity (Wildman–Crippen MR) is 117 cm³/mol. The molecule has 4 rings (SSSR count). The van der Waals surface area contributed by atoms with E-state index in [9.17, 15) is 4.79 Å². The summed E-state index contributed by atoms with van der Waals surface area (Å²) in [6.45, 7) is 0. The van der Waals surface area contributed by atoms with Gasteiger partial charge in [0.15, 0.2) is 0 Å². The summed E-state index contributed by atoms with van der Waals surface area (Å²) in [6, 6.07) is 13.4. The predicted octanol–water partition coefficient (Wildman–Crippen LogP) is 3.73. The van der Waals surface area contributed by atoms with Gasteiger partial charge in [-0.2, -0.15) is 5.26 Å². The molecule has 0 saturated carbocycles. The van der Waals surface area contributed by atoms with Crippen LogP contribution in [0.2, 0.25) is 0 Å². The molecule has 1 amide bonds. The van der Waals surface area contributed by atoms with Crippen LogP contribution in [-0.2, 0) is 4.79 Å². The fraction of sp³-hybridized carbons (Fsp3) is 0.0435. The average Bonchev–Trinajstić information content (AvgIpc) is 3.20. The van der Waals surface area contributed by atoms with Crippen LogP contribution in [0.3, 0.4) is 0 Å². The van der Waals surface area contributed by atoms with E-state index in [1.54, 1.807) is 12.4 Å². The van der Waals surface area contributed by atoms with Crippen LogP contribution >= 0.6 is 0 Å². The Hall–Kier alpha value is -4.44. The molecule has 3 aromatic heterocycles. The summed E-state index contributed by atoms with van der Waals surface area (Å²) < 4.78 is 0. The Bertz CT molecular complexity index is 1330. The summed E-state index contributed by atoms with van der Waals surface area (Å²) in [5.74, 6) is -0.750. The van der Waals surface area contributed by atoms with E-state index in [0.29, 0.717) is 5.56 Å². The van der Waals surface area contributed by atoms with Crippen molar-refractivity contribution in [3.05, 3.63) is 72.3 Å². The molecular weight excluding hydrogens is 376 g/mol. The van der Waals surface area contributed by atoms with E-state index >= 15 is 0 Å². The van der Waals surface area contributed by atoms with Gasteiger partial charge in [0.2, 0.25) is 0 Å². The van der Waals surface area contributed by atoms with Crippen molar-refractivity contribution in [2.45, 2.75) is 0 Å². The van der Waals surface area contributed by atoms with Crippen LogP contribution in [0.4, 0.5) is 5.69 Å². The minimum Gasteiger partial charge on any atom is -0.387 e. The number of aromatic nitrogens is 3. The van der Waals surface area contributed by atoms with Crippen molar-refractivity contribution >= 4 is 28.7 Å². The largest absolute Gasteiger partial charge is 0.387 e. The number of nitriles is 1. The smallest absolute Gasteiger partial charge is 0.259 e. The number of nitrogens with two attached hydrogens (primary N) is 1. The summed E-state index contributed by atoms with van der Waals surface area (Å²) in [6.07, 6.45) is 8.77. The number of hydrogen-bond acceptors (Lipinski definition) is 5. The van der Waals surface area contributed by atoms with Gasteiger partial charge in [0, 0.05) is 53.9 Å². The van der Waals surface area contributed by atoms with Crippen molar-refractivity contribution in [1.29, 1.82) is 5.26 Å². The number of carbonyl (C=O) groups is 1. The normalized spacial score (nSPS) is 11.3. The number of carbonyl (C=O) groups excluding carboxylic acids is 1. The van der Waals surface area contributed by atoms with Crippen LogP contribution in [0, 0.1) is 11.3 Å². The Morgan fingerprint density at radius 2 is 2.03 bits per heavy atom. The maximum absolute atomic E-state index is 11.3. The molecule has 0 radical (unpaired) electrons. The average molecular weight is 394 g/mol. The minimum atomic E-state index is -0.750. The number of nitrogens with zero attached hydrogens (tertiary/aromatic N) is 3. The molecule has 4 N–H and O–H groups in total. The number of anilines is 1. The SMILES string of the molecule is CNc1cncc(-c2c[nH]c3ncc(-c4cccc(/C=C(\C#N)C(N)=O)c4)cc23)c1. The molecule has 0 fully saturated rings. The molecule has 3 heterocycles. The lowest BCUT2D eigenvalue weighted by molar-refractivity contribution is -0.114. The van der Waals surface area contributed by atoms with Crippen LogP contribution in [0.25, 0.3) is 39.4 Å². The van der Waals surface area contributed by atoms with Gasteiger partial charge < -0.3 is 16.0 Å². The molecule has 4 aromatic rings. The maximum Gasteiger partial charge on any atom is 0.259 e. The molecule has 0 bridgehead atoms. The molecule has 0 unspecified atom stereocenters. The molecular formula is C23H18N6O. The first kappa shape index (κ1) is 18.9. The van der Waals surface area contributed by atoms with Crippen LogP contribution in [0.1, 0.15) is 5.56 Å². The molecule has 0 spiro atoms. The van der Waals surface area contributed by atoms with Gasteiger partial charge in [-0.1, -0.05) is 18.2 Å². The van der Waals surface area contributed by atoms with E-state index in [2.05, 4.69) is 26.3 Å². The lowest BCUT2D eigenvalue weighted by Gasteiger charge is -2.06. The highest BCUT2D eigenvalue weighted by Gasteiger charge is 2.11. The number of pyridine rings is 2. The Kier molecular flexibility index (Phi) is 4.97. The molecule has 30 heavy (non-hydrogen) atoms. The molecule has 0 aliphatic heterocycles. The first-order valence-electron chi connectivity index (χ1n) is 9.21. The summed E-state index contributed by atoms with van der Waals surface area (Å²) >= 11 is 0. The minimum absolute atomic E-state index is 0.0921. The molecule has 0 aliphatic rings. The fourth-order valence-corrected chi connectivity index (χ4v) is 3.26. The molecule has 7 heteroatoms. The molecule has 0 saturated heterocycles. The number of amides is 1. The van der Waals surface area contributed by atoms with E-state index in [-0.39, 0.29) is 5.57 Å². The summed E-state index contributed by atoms with van der Waals surface area (Å²) in [5, 5.41) is 13.1. The first-order valence-corrected chi connectivity index (χ1v) is 9.21. The van der Waals surface area contributed by atoms with Gasteiger partial charge in [0.1, 0.15) is 17.3 Å². The summed E-state index contributed by atoms with van der Waals surface area (Å²) in [7, 11) is 1.85. The van der Waals surface area contributed by atoms with Gasteiger partial charge in [0.05, 0.1) is 5.69 Å². The number of H-pyrrole nitrogens is 1. The second-order valence-electron chi connectivity index (χ2n) is 6.69. The fourth-order valence-electron chi connectivity index (χ4n) is 3.26. The number of benzene rings is 1. The topological polar surface area (TPSA) is 120 Å². The molecule has 0 aliphatic carbocycles. The maximum atomic E-state index is 11.3. The van der Waals surface area contributed by atoms with Crippen molar-refractivity contribution in [3.63, 3.8) is 0 Å². The van der Waals surface area contributed by atoms with E-state index in [1.807, 2.05) is 55.8 Å². The highest BCUT2D eigenvalue weighted by Crippen LogP contribution is 2.32. The Morgan fingerprint density at radius 1 is 1.17 bits per heavy atom. The zero-order valence-corrected chi connectivity index (χ0v) is 16.2. The second-order valence-corrected chi connectivity index (χ2v) is 6.69. The van der Waals surface area contributed by atoms with Gasteiger partial charge in [0.25, 0.3) is 5.91 Å². The number of fused-ring (bicyclic) bond motifs is 1. The third-order valence-electron chi connectivity index (χ3n) is 4.79. The Labute approximate surface area is 172 Å². The van der Waals surface area contributed by atoms with Gasteiger partial charge in [-0.25, -0.2) is 4.98 Å². The van der Waals surface area contributed by atoms with Gasteiger partial charge >= 0.3 is 0 Å². The third kappa shape index (κ3) is 3.62. The summed E-state index contributed by atoms with van der Waals surface area (Å²) in [4.78, 5) is 23.4. The van der Waals surface area contributed by atoms with Crippen molar-refractivity contribution in [2.75, 3.05) is 12.4 Å². The van der Waals surface area contributed by atoms with Crippen LogP contribution in [0.15, 0.2) is 66.8 Å². The second kappa shape index (κ2) is 7.89. The van der Waals surface area contributed by atoms with Crippen LogP contribution in [0.5, 0.6) is 0 Å². The van der Waals surface area contributed by atoms with E-state index in [4.69, 9.17) is 11.0 Å². The third-order valence-corrected chi connectivity index (χ3v) is 4.79. The van der Waals surface area contributed by atoms with Gasteiger partial charge in [-0.15, -0.1) is 0 Å². The van der Waals surface area contributed by atoms with Crippen molar-refractivity contribution in [3.8, 4) is 28.3 Å².